The lowest BCUT2D eigenvalue weighted by molar-refractivity contribution is -0.146. The van der Waals surface area contributed by atoms with Crippen LogP contribution >= 0.6 is 11.6 Å². The third-order valence-corrected chi connectivity index (χ3v) is 10.2. The first-order chi connectivity index (χ1) is 14.9. The van der Waals surface area contributed by atoms with Crippen molar-refractivity contribution in [1.82, 2.24) is 4.90 Å². The third kappa shape index (κ3) is 3.38. The summed E-state index contributed by atoms with van der Waals surface area (Å²) in [5.74, 6) is 1.21. The molecule has 0 spiro atoms. The average molecular weight is 462 g/mol. The number of carboxylic acids is 1. The number of carbonyl (C=O) groups excluding carboxylic acids is 1. The van der Waals surface area contributed by atoms with Crippen molar-refractivity contribution in [2.24, 2.45) is 34.5 Å². The number of allylic oxidation sites excluding steroid dienone is 3. The summed E-state index contributed by atoms with van der Waals surface area (Å²) in [5, 5.41) is 10.1. The molecule has 4 aliphatic carbocycles. The molecule has 4 nitrogen and oxygen atoms in total. The minimum atomic E-state index is -0.881. The van der Waals surface area contributed by atoms with Gasteiger partial charge in [0, 0.05) is 18.0 Å². The Balaban J connectivity index is 1.64. The molecular weight excluding hydrogens is 422 g/mol. The Morgan fingerprint density at radius 3 is 2.31 bits per heavy atom. The number of carbonyl (C=O) groups is 2. The van der Waals surface area contributed by atoms with Gasteiger partial charge >= 0.3 is 5.97 Å². The van der Waals surface area contributed by atoms with E-state index in [1.165, 1.54) is 0 Å². The van der Waals surface area contributed by atoms with Crippen LogP contribution in [0.25, 0.3) is 0 Å². The molecule has 0 aromatic rings. The summed E-state index contributed by atoms with van der Waals surface area (Å²) in [5.41, 5.74) is 1.46. The number of hydrogen-bond acceptors (Lipinski definition) is 2. The van der Waals surface area contributed by atoms with Crippen LogP contribution in [0.15, 0.2) is 22.3 Å². The first kappa shape index (κ1) is 23.9. The SMILES string of the molecule is CC(C)N(C(=O)C1CC[C@H]2[C@@H]3CC=C4C(Cl)=C(C(=O)O)CC[C@]4(C)[C@@H]3CC[C@]12C)C(C)C. The molecule has 0 heterocycles. The van der Waals surface area contributed by atoms with Crippen molar-refractivity contribution in [2.75, 3.05) is 0 Å². The van der Waals surface area contributed by atoms with Gasteiger partial charge in [0.2, 0.25) is 5.91 Å². The number of aliphatic carboxylic acids is 1. The molecule has 0 bridgehead atoms. The molecular formula is C27H40ClNO3. The van der Waals surface area contributed by atoms with Gasteiger partial charge in [0.25, 0.3) is 0 Å². The van der Waals surface area contributed by atoms with Crippen molar-refractivity contribution in [3.63, 3.8) is 0 Å². The van der Waals surface area contributed by atoms with Gasteiger partial charge in [-0.3, -0.25) is 4.79 Å². The Labute approximate surface area is 198 Å². The molecule has 1 unspecified atom stereocenters. The largest absolute Gasteiger partial charge is 0.478 e. The second kappa shape index (κ2) is 8.18. The van der Waals surface area contributed by atoms with Gasteiger partial charge in [-0.1, -0.05) is 31.5 Å². The van der Waals surface area contributed by atoms with Gasteiger partial charge in [-0.2, -0.15) is 0 Å². The van der Waals surface area contributed by atoms with Crippen molar-refractivity contribution < 1.29 is 14.7 Å². The zero-order chi connectivity index (χ0) is 23.6. The Kier molecular flexibility index (Phi) is 6.10. The van der Waals surface area contributed by atoms with Crippen LogP contribution in [0, 0.1) is 34.5 Å². The van der Waals surface area contributed by atoms with Crippen LogP contribution in [0.2, 0.25) is 0 Å². The van der Waals surface area contributed by atoms with Gasteiger partial charge in [-0.05, 0) is 107 Å². The van der Waals surface area contributed by atoms with Gasteiger partial charge in [0.1, 0.15) is 0 Å². The molecule has 2 saturated carbocycles. The standard InChI is InChI=1S/C27H40ClNO3/c1-15(2)29(16(3)4)24(30)22-10-9-19-17-7-8-21-23(28)18(25(31)32)11-13-26(21,5)20(17)12-14-27(19,22)6/h8,15-17,19-20,22H,7,9-14H2,1-6H3,(H,31,32)/t17-,19-,20+,22?,26+,27-/m0/s1. The van der Waals surface area contributed by atoms with Crippen LogP contribution in [0.3, 0.4) is 0 Å². The molecule has 5 heteroatoms. The molecule has 4 rings (SSSR count). The van der Waals surface area contributed by atoms with Crippen LogP contribution < -0.4 is 0 Å². The summed E-state index contributed by atoms with van der Waals surface area (Å²) in [7, 11) is 0. The normalized spacial score (nSPS) is 38.8. The molecule has 32 heavy (non-hydrogen) atoms. The van der Waals surface area contributed by atoms with Gasteiger partial charge in [-0.25, -0.2) is 4.79 Å². The van der Waals surface area contributed by atoms with Crippen LogP contribution in [-0.4, -0.2) is 34.0 Å². The van der Waals surface area contributed by atoms with Crippen molar-refractivity contribution in [2.45, 2.75) is 98.6 Å². The molecule has 0 aromatic carbocycles. The van der Waals surface area contributed by atoms with Crippen LogP contribution in [0.4, 0.5) is 0 Å². The molecule has 178 valence electrons. The number of hydrogen-bond donors (Lipinski definition) is 1. The predicted octanol–water partition coefficient (Wildman–Crippen LogP) is 6.40. The molecule has 0 saturated heterocycles. The second-order valence-electron chi connectivity index (χ2n) is 11.9. The van der Waals surface area contributed by atoms with E-state index in [9.17, 15) is 14.7 Å². The fourth-order valence-electron chi connectivity index (χ4n) is 8.30. The van der Waals surface area contributed by atoms with Crippen molar-refractivity contribution in [3.05, 3.63) is 22.3 Å². The quantitative estimate of drug-likeness (QED) is 0.527. The van der Waals surface area contributed by atoms with Crippen LogP contribution in [-0.2, 0) is 9.59 Å². The molecule has 1 amide bonds. The number of amides is 1. The number of rotatable bonds is 4. The summed E-state index contributed by atoms with van der Waals surface area (Å²) in [6.45, 7) is 13.2. The van der Waals surface area contributed by atoms with Gasteiger partial charge in [0.15, 0.2) is 0 Å². The minimum Gasteiger partial charge on any atom is -0.478 e. The lowest BCUT2D eigenvalue weighted by atomic mass is 9.47. The van der Waals surface area contributed by atoms with E-state index < -0.39 is 5.97 Å². The summed E-state index contributed by atoms with van der Waals surface area (Å²) in [6.07, 6.45) is 8.92. The summed E-state index contributed by atoms with van der Waals surface area (Å²) < 4.78 is 0. The Morgan fingerprint density at radius 2 is 1.72 bits per heavy atom. The van der Waals surface area contributed by atoms with Crippen LogP contribution in [0.5, 0.6) is 0 Å². The number of fused-ring (bicyclic) bond motifs is 5. The number of carboxylic acid groups (broad SMARTS) is 1. The molecule has 1 N–H and O–H groups in total. The molecule has 0 radical (unpaired) electrons. The zero-order valence-electron chi connectivity index (χ0n) is 20.6. The third-order valence-electron chi connectivity index (χ3n) is 9.78. The smallest absolute Gasteiger partial charge is 0.333 e. The molecule has 0 aliphatic heterocycles. The fourth-order valence-corrected chi connectivity index (χ4v) is 8.77. The van der Waals surface area contributed by atoms with E-state index in [2.05, 4.69) is 52.5 Å². The highest BCUT2D eigenvalue weighted by Crippen LogP contribution is 2.67. The monoisotopic (exact) mass is 461 g/mol. The Hall–Kier alpha value is -1.29. The maximum Gasteiger partial charge on any atom is 0.333 e. The summed E-state index contributed by atoms with van der Waals surface area (Å²) in [4.78, 5) is 27.5. The number of halogens is 1. The van der Waals surface area contributed by atoms with E-state index in [0.29, 0.717) is 40.7 Å². The lowest BCUT2D eigenvalue weighted by Gasteiger charge is -2.57. The number of nitrogens with zero attached hydrogens (tertiary/aromatic N) is 1. The van der Waals surface area contributed by atoms with Crippen LogP contribution in [0.1, 0.15) is 86.5 Å². The summed E-state index contributed by atoms with van der Waals surface area (Å²) >= 11 is 6.65. The molecule has 0 aromatic heterocycles. The van der Waals surface area contributed by atoms with Crippen molar-refractivity contribution in [1.29, 1.82) is 0 Å². The zero-order valence-corrected chi connectivity index (χ0v) is 21.3. The maximum atomic E-state index is 13.7. The summed E-state index contributed by atoms with van der Waals surface area (Å²) in [6, 6.07) is 0.445. The second-order valence-corrected chi connectivity index (χ2v) is 12.2. The minimum absolute atomic E-state index is 0.0513. The Morgan fingerprint density at radius 1 is 1.06 bits per heavy atom. The van der Waals surface area contributed by atoms with Crippen molar-refractivity contribution in [3.8, 4) is 0 Å². The van der Waals surface area contributed by atoms with Crippen molar-refractivity contribution >= 4 is 23.5 Å². The molecule has 2 fully saturated rings. The molecule has 4 aliphatic rings. The highest BCUT2D eigenvalue weighted by Gasteiger charge is 2.60. The predicted molar refractivity (Wildman–Crippen MR) is 128 cm³/mol. The first-order valence-electron chi connectivity index (χ1n) is 12.6. The van der Waals surface area contributed by atoms with E-state index in [-0.39, 0.29) is 28.8 Å². The van der Waals surface area contributed by atoms with E-state index in [1.54, 1.807) is 0 Å². The Bertz CT molecular complexity index is 866. The molecule has 6 atom stereocenters. The van der Waals surface area contributed by atoms with Gasteiger partial charge in [0.05, 0.1) is 10.6 Å². The fraction of sp³-hybridized carbons (Fsp3) is 0.778. The van der Waals surface area contributed by atoms with Gasteiger partial charge < -0.3 is 10.0 Å². The van der Waals surface area contributed by atoms with Gasteiger partial charge in [-0.15, -0.1) is 0 Å². The van der Waals surface area contributed by atoms with E-state index in [0.717, 1.165) is 44.1 Å². The van der Waals surface area contributed by atoms with E-state index in [4.69, 9.17) is 11.6 Å². The first-order valence-corrected chi connectivity index (χ1v) is 13.0. The maximum absolute atomic E-state index is 13.7. The average Bonchev–Trinajstić information content (AvgIpc) is 3.04. The topological polar surface area (TPSA) is 57.6 Å². The highest BCUT2D eigenvalue weighted by molar-refractivity contribution is 6.34. The lowest BCUT2D eigenvalue weighted by Crippen LogP contribution is -2.53. The van der Waals surface area contributed by atoms with E-state index >= 15 is 0 Å². The van der Waals surface area contributed by atoms with E-state index in [1.807, 2.05) is 0 Å². The highest BCUT2D eigenvalue weighted by atomic mass is 35.5.